The molecule has 0 amide bonds. The van der Waals surface area contributed by atoms with E-state index in [4.69, 9.17) is 0 Å². The van der Waals surface area contributed by atoms with Gasteiger partial charge >= 0.3 is 0 Å². The smallest absolute Gasteiger partial charge is 0.268 e. The zero-order chi connectivity index (χ0) is 18.0. The molecule has 0 saturated carbocycles. The first-order valence-electron chi connectivity index (χ1n) is 7.51. The molecule has 0 unspecified atom stereocenters. The van der Waals surface area contributed by atoms with E-state index in [1.165, 1.54) is 16.8 Å². The van der Waals surface area contributed by atoms with Crippen LogP contribution in [0.5, 0.6) is 0 Å². The van der Waals surface area contributed by atoms with Gasteiger partial charge in [-0.25, -0.2) is 18.1 Å². The Morgan fingerprint density at radius 1 is 1.24 bits per heavy atom. The summed E-state index contributed by atoms with van der Waals surface area (Å²) in [6, 6.07) is 7.94. The zero-order valence-electron chi connectivity index (χ0n) is 13.6. The van der Waals surface area contributed by atoms with Gasteiger partial charge in [-0.15, -0.1) is 11.3 Å². The van der Waals surface area contributed by atoms with E-state index in [-0.39, 0.29) is 15.6 Å². The predicted octanol–water partition coefficient (Wildman–Crippen LogP) is 2.50. The average Bonchev–Trinajstić information content (AvgIpc) is 3.08. The van der Waals surface area contributed by atoms with E-state index in [1.54, 1.807) is 29.8 Å². The fraction of sp³-hybridized carbons (Fsp3) is 0.188. The molecular weight excluding hydrogens is 360 g/mol. The van der Waals surface area contributed by atoms with Crippen molar-refractivity contribution >= 4 is 27.2 Å². The molecule has 0 fully saturated rings. The maximum atomic E-state index is 12.5. The number of rotatable bonds is 5. The van der Waals surface area contributed by atoms with Crippen LogP contribution in [0.2, 0.25) is 0 Å². The molecule has 25 heavy (non-hydrogen) atoms. The van der Waals surface area contributed by atoms with Crippen molar-refractivity contribution in [2.24, 2.45) is 0 Å². The van der Waals surface area contributed by atoms with Crippen molar-refractivity contribution < 1.29 is 8.42 Å². The van der Waals surface area contributed by atoms with Gasteiger partial charge in [-0.05, 0) is 37.6 Å². The summed E-state index contributed by atoms with van der Waals surface area (Å²) in [6.45, 7) is 4.14. The molecule has 0 atom stereocenters. The lowest BCUT2D eigenvalue weighted by Gasteiger charge is -2.05. The van der Waals surface area contributed by atoms with Gasteiger partial charge < -0.3 is 0 Å². The minimum Gasteiger partial charge on any atom is -0.268 e. The minimum atomic E-state index is -3.73. The van der Waals surface area contributed by atoms with Crippen LogP contribution in [0.1, 0.15) is 12.5 Å². The van der Waals surface area contributed by atoms with E-state index in [2.05, 4.69) is 14.8 Å². The molecule has 0 aliphatic rings. The topological polar surface area (TPSA) is 93.9 Å². The van der Waals surface area contributed by atoms with E-state index in [9.17, 15) is 13.2 Å². The second-order valence-electron chi connectivity index (χ2n) is 5.35. The van der Waals surface area contributed by atoms with Crippen LogP contribution in [-0.4, -0.2) is 23.2 Å². The molecule has 0 bridgehead atoms. The van der Waals surface area contributed by atoms with E-state index < -0.39 is 10.0 Å². The molecule has 0 spiro atoms. The third-order valence-corrected chi connectivity index (χ3v) is 6.25. The number of anilines is 1. The van der Waals surface area contributed by atoms with Crippen molar-refractivity contribution in [2.45, 2.75) is 24.6 Å². The largest absolute Gasteiger partial charge is 0.272 e. The molecule has 9 heteroatoms. The maximum Gasteiger partial charge on any atom is 0.272 e. The van der Waals surface area contributed by atoms with E-state index in [0.717, 1.165) is 16.9 Å². The molecule has 130 valence electrons. The van der Waals surface area contributed by atoms with Crippen LogP contribution < -0.4 is 10.3 Å². The Balaban J connectivity index is 1.89. The Hall–Kier alpha value is -2.52. The molecule has 0 aromatic carbocycles. The molecule has 3 rings (SSSR count). The number of aryl methyl sites for hydroxylation is 2. The number of nitrogens with zero attached hydrogens (tertiary/aromatic N) is 3. The fourth-order valence-electron chi connectivity index (χ4n) is 2.14. The summed E-state index contributed by atoms with van der Waals surface area (Å²) in [7, 11) is -3.73. The molecule has 0 aliphatic carbocycles. The molecule has 1 N–H and O–H groups in total. The second kappa shape index (κ2) is 6.77. The van der Waals surface area contributed by atoms with Crippen molar-refractivity contribution in [1.82, 2.24) is 14.8 Å². The van der Waals surface area contributed by atoms with Crippen LogP contribution >= 0.6 is 11.3 Å². The summed E-state index contributed by atoms with van der Waals surface area (Å²) in [5, 5.41) is 5.93. The molecule has 3 aromatic rings. The monoisotopic (exact) mass is 376 g/mol. The molecule has 0 aliphatic heterocycles. The predicted molar refractivity (Wildman–Crippen MR) is 97.3 cm³/mol. The van der Waals surface area contributed by atoms with Gasteiger partial charge in [0, 0.05) is 29.8 Å². The van der Waals surface area contributed by atoms with Gasteiger partial charge in [0.15, 0.2) is 0 Å². The van der Waals surface area contributed by atoms with Gasteiger partial charge in [-0.3, -0.25) is 9.52 Å². The summed E-state index contributed by atoms with van der Waals surface area (Å²) < 4.78 is 28.9. The highest BCUT2D eigenvalue weighted by atomic mass is 32.2. The van der Waals surface area contributed by atoms with E-state index in [0.29, 0.717) is 17.8 Å². The van der Waals surface area contributed by atoms with Gasteiger partial charge in [0.1, 0.15) is 10.0 Å². The molecule has 3 aromatic heterocycles. The normalized spacial score (nSPS) is 11.4. The van der Waals surface area contributed by atoms with Gasteiger partial charge in [-0.2, -0.15) is 5.10 Å². The first-order valence-corrected chi connectivity index (χ1v) is 9.88. The van der Waals surface area contributed by atoms with Crippen molar-refractivity contribution in [3.63, 3.8) is 0 Å². The third kappa shape index (κ3) is 3.77. The second-order valence-corrected chi connectivity index (χ2v) is 8.17. The molecule has 0 radical (unpaired) electrons. The standard InChI is InChI=1S/C16H16N4O3S2/c1-3-20-15(21)7-5-13(18-20)12-8-16(24-10-12)25(22,23)19-14-6-4-11(2)9-17-14/h4-10H,3H2,1-2H3,(H,17,19). The maximum absolute atomic E-state index is 12.5. The molecule has 3 heterocycles. The van der Waals surface area contributed by atoms with Gasteiger partial charge in [0.25, 0.3) is 15.6 Å². The summed E-state index contributed by atoms with van der Waals surface area (Å²) in [5.41, 5.74) is 1.94. The van der Waals surface area contributed by atoms with Crippen molar-refractivity contribution in [1.29, 1.82) is 0 Å². The number of sulfonamides is 1. The molecule has 7 nitrogen and oxygen atoms in total. The molecule has 0 saturated heterocycles. The number of nitrogens with one attached hydrogen (secondary N) is 1. The minimum absolute atomic E-state index is 0.154. The highest BCUT2D eigenvalue weighted by molar-refractivity contribution is 7.94. The first-order chi connectivity index (χ1) is 11.9. The van der Waals surface area contributed by atoms with Gasteiger partial charge in [-0.1, -0.05) is 6.07 Å². The average molecular weight is 376 g/mol. The highest BCUT2D eigenvalue weighted by Crippen LogP contribution is 2.28. The van der Waals surface area contributed by atoms with Gasteiger partial charge in [0.05, 0.1) is 5.69 Å². The zero-order valence-corrected chi connectivity index (χ0v) is 15.3. The number of hydrogen-bond donors (Lipinski definition) is 1. The lowest BCUT2D eigenvalue weighted by molar-refractivity contribution is 0.603. The number of thiophene rings is 1. The van der Waals surface area contributed by atoms with Crippen LogP contribution in [0.4, 0.5) is 5.82 Å². The van der Waals surface area contributed by atoms with Crippen molar-refractivity contribution in [3.8, 4) is 11.3 Å². The Morgan fingerprint density at radius 3 is 2.72 bits per heavy atom. The first kappa shape index (κ1) is 17.3. The Labute approximate surface area is 149 Å². The van der Waals surface area contributed by atoms with Crippen LogP contribution in [0, 0.1) is 6.92 Å². The Kier molecular flexibility index (Phi) is 4.69. The lowest BCUT2D eigenvalue weighted by Crippen LogP contribution is -2.20. The molecular formula is C16H16N4O3S2. The van der Waals surface area contributed by atoms with Crippen LogP contribution in [0.3, 0.4) is 0 Å². The Bertz CT molecular complexity index is 1050. The Morgan fingerprint density at radius 2 is 2.04 bits per heavy atom. The fourth-order valence-corrected chi connectivity index (χ4v) is 4.32. The van der Waals surface area contributed by atoms with E-state index in [1.807, 2.05) is 13.8 Å². The van der Waals surface area contributed by atoms with Crippen LogP contribution in [0.15, 0.2) is 50.9 Å². The van der Waals surface area contributed by atoms with Crippen molar-refractivity contribution in [2.75, 3.05) is 4.72 Å². The third-order valence-electron chi connectivity index (χ3n) is 3.45. The van der Waals surface area contributed by atoms with Crippen molar-refractivity contribution in [3.05, 3.63) is 57.8 Å². The number of hydrogen-bond acceptors (Lipinski definition) is 6. The summed E-state index contributed by atoms with van der Waals surface area (Å²) in [4.78, 5) is 15.7. The quantitative estimate of drug-likeness (QED) is 0.738. The number of pyridine rings is 1. The summed E-state index contributed by atoms with van der Waals surface area (Å²) in [6.07, 6.45) is 1.59. The van der Waals surface area contributed by atoms with Gasteiger partial charge in [0.2, 0.25) is 0 Å². The summed E-state index contributed by atoms with van der Waals surface area (Å²) in [5.74, 6) is 0.262. The summed E-state index contributed by atoms with van der Waals surface area (Å²) >= 11 is 1.09. The van der Waals surface area contributed by atoms with Crippen LogP contribution in [-0.2, 0) is 16.6 Å². The lowest BCUT2D eigenvalue weighted by atomic mass is 10.2. The van der Waals surface area contributed by atoms with E-state index >= 15 is 0 Å². The van der Waals surface area contributed by atoms with Crippen LogP contribution in [0.25, 0.3) is 11.3 Å². The number of aromatic nitrogens is 3. The highest BCUT2D eigenvalue weighted by Gasteiger charge is 2.18. The SMILES string of the molecule is CCn1nc(-c2csc(S(=O)(=O)Nc3ccc(C)cn3)c2)ccc1=O.